The van der Waals surface area contributed by atoms with Crippen molar-refractivity contribution in [1.82, 2.24) is 5.32 Å². The Labute approximate surface area is 117 Å². The molecule has 3 nitrogen and oxygen atoms in total. The van der Waals surface area contributed by atoms with Crippen LogP contribution in [-0.4, -0.2) is 32.5 Å². The van der Waals surface area contributed by atoms with E-state index in [1.807, 2.05) is 26.0 Å². The van der Waals surface area contributed by atoms with Gasteiger partial charge >= 0.3 is 6.18 Å². The number of rotatable bonds is 7. The Balaban J connectivity index is 2.56. The highest BCUT2D eigenvalue weighted by Gasteiger charge is 2.27. The van der Waals surface area contributed by atoms with Crippen molar-refractivity contribution < 1.29 is 22.6 Å². The van der Waals surface area contributed by atoms with Crippen LogP contribution in [0.4, 0.5) is 13.2 Å². The van der Waals surface area contributed by atoms with E-state index in [0.717, 1.165) is 11.3 Å². The highest BCUT2D eigenvalue weighted by molar-refractivity contribution is 5.29. The molecule has 0 saturated heterocycles. The maximum atomic E-state index is 12.0. The summed E-state index contributed by atoms with van der Waals surface area (Å²) < 4.78 is 46.3. The number of hydrogen-bond donors (Lipinski definition) is 1. The van der Waals surface area contributed by atoms with Crippen LogP contribution in [0.3, 0.4) is 0 Å². The van der Waals surface area contributed by atoms with Crippen molar-refractivity contribution in [2.24, 2.45) is 0 Å². The summed E-state index contributed by atoms with van der Waals surface area (Å²) in [5.41, 5.74) is 0.853. The topological polar surface area (TPSA) is 30.5 Å². The first-order valence-corrected chi connectivity index (χ1v) is 6.40. The lowest BCUT2D eigenvalue weighted by molar-refractivity contribution is -0.175. The van der Waals surface area contributed by atoms with Gasteiger partial charge in [-0.25, -0.2) is 0 Å². The standard InChI is InChI=1S/C14H20F3NO2/c1-10(2)20-12-6-4-11(5-7-12)13(18-3)8-19-9-14(15,16)17/h4-7,10,13,18H,8-9H2,1-3H3. The first kappa shape index (κ1) is 16.8. The highest BCUT2D eigenvalue weighted by atomic mass is 19.4. The van der Waals surface area contributed by atoms with E-state index in [9.17, 15) is 13.2 Å². The fraction of sp³-hybridized carbons (Fsp3) is 0.571. The maximum absolute atomic E-state index is 12.0. The van der Waals surface area contributed by atoms with Gasteiger partial charge in [-0.05, 0) is 38.6 Å². The van der Waals surface area contributed by atoms with Gasteiger partial charge in [-0.3, -0.25) is 0 Å². The average molecular weight is 291 g/mol. The molecule has 0 fully saturated rings. The minimum Gasteiger partial charge on any atom is -0.491 e. The average Bonchev–Trinajstić information content (AvgIpc) is 2.34. The first-order valence-electron chi connectivity index (χ1n) is 6.40. The molecule has 1 rings (SSSR count). The van der Waals surface area contributed by atoms with E-state index in [-0.39, 0.29) is 18.8 Å². The van der Waals surface area contributed by atoms with Crippen molar-refractivity contribution in [2.75, 3.05) is 20.3 Å². The van der Waals surface area contributed by atoms with Crippen molar-refractivity contribution in [3.63, 3.8) is 0 Å². The summed E-state index contributed by atoms with van der Waals surface area (Å²) in [6, 6.07) is 6.93. The van der Waals surface area contributed by atoms with Crippen molar-refractivity contribution in [2.45, 2.75) is 32.2 Å². The molecule has 0 bridgehead atoms. The number of likely N-dealkylation sites (N-methyl/N-ethyl adjacent to an activating group) is 1. The molecule has 1 N–H and O–H groups in total. The van der Waals surface area contributed by atoms with Gasteiger partial charge < -0.3 is 14.8 Å². The minimum absolute atomic E-state index is 0.0413. The molecule has 0 amide bonds. The molecule has 1 atom stereocenters. The Kier molecular flexibility index (Phi) is 6.29. The van der Waals surface area contributed by atoms with Gasteiger partial charge in [-0.1, -0.05) is 12.1 Å². The van der Waals surface area contributed by atoms with Crippen LogP contribution in [0.25, 0.3) is 0 Å². The molecule has 0 aliphatic rings. The normalized spacial score (nSPS) is 13.6. The van der Waals surface area contributed by atoms with E-state index in [1.165, 1.54) is 0 Å². The van der Waals surface area contributed by atoms with Crippen LogP contribution in [0.15, 0.2) is 24.3 Å². The minimum atomic E-state index is -4.30. The van der Waals surface area contributed by atoms with Crippen LogP contribution in [0.1, 0.15) is 25.5 Å². The highest BCUT2D eigenvalue weighted by Crippen LogP contribution is 2.20. The van der Waals surface area contributed by atoms with Crippen molar-refractivity contribution in [3.05, 3.63) is 29.8 Å². The number of halogens is 3. The van der Waals surface area contributed by atoms with Crippen molar-refractivity contribution in [1.29, 1.82) is 0 Å². The molecular weight excluding hydrogens is 271 g/mol. The van der Waals surface area contributed by atoms with Crippen LogP contribution >= 0.6 is 0 Å². The third-order valence-electron chi connectivity index (χ3n) is 2.55. The van der Waals surface area contributed by atoms with Gasteiger partial charge in [0.25, 0.3) is 0 Å². The molecule has 0 saturated carbocycles. The molecular formula is C14H20F3NO2. The van der Waals surface area contributed by atoms with Crippen LogP contribution in [0.5, 0.6) is 5.75 Å². The zero-order chi connectivity index (χ0) is 15.2. The molecule has 0 radical (unpaired) electrons. The molecule has 0 aromatic heterocycles. The first-order chi connectivity index (χ1) is 9.31. The molecule has 20 heavy (non-hydrogen) atoms. The second-order valence-corrected chi connectivity index (χ2v) is 4.71. The van der Waals surface area contributed by atoms with Gasteiger partial charge in [0.1, 0.15) is 12.4 Å². The zero-order valence-corrected chi connectivity index (χ0v) is 11.8. The van der Waals surface area contributed by atoms with Gasteiger partial charge in [0.2, 0.25) is 0 Å². The Bertz CT molecular complexity index is 390. The third-order valence-corrected chi connectivity index (χ3v) is 2.55. The SMILES string of the molecule is CNC(COCC(F)(F)F)c1ccc(OC(C)C)cc1. The second-order valence-electron chi connectivity index (χ2n) is 4.71. The Morgan fingerprint density at radius 2 is 1.75 bits per heavy atom. The summed E-state index contributed by atoms with van der Waals surface area (Å²) >= 11 is 0. The van der Waals surface area contributed by atoms with E-state index in [2.05, 4.69) is 10.1 Å². The summed E-state index contributed by atoms with van der Waals surface area (Å²) in [5, 5.41) is 2.93. The quantitative estimate of drug-likeness (QED) is 0.836. The van der Waals surface area contributed by atoms with E-state index < -0.39 is 12.8 Å². The second kappa shape index (κ2) is 7.50. The molecule has 0 heterocycles. The number of nitrogens with one attached hydrogen (secondary N) is 1. The molecule has 1 aromatic carbocycles. The van der Waals surface area contributed by atoms with Crippen molar-refractivity contribution >= 4 is 0 Å². The fourth-order valence-corrected chi connectivity index (χ4v) is 1.69. The fourth-order valence-electron chi connectivity index (χ4n) is 1.69. The smallest absolute Gasteiger partial charge is 0.411 e. The lowest BCUT2D eigenvalue weighted by Gasteiger charge is -2.18. The monoisotopic (exact) mass is 291 g/mol. The summed E-state index contributed by atoms with van der Waals surface area (Å²) in [6.07, 6.45) is -4.22. The van der Waals surface area contributed by atoms with Gasteiger partial charge in [0.05, 0.1) is 18.8 Å². The van der Waals surface area contributed by atoms with Crippen LogP contribution in [-0.2, 0) is 4.74 Å². The van der Waals surface area contributed by atoms with E-state index in [4.69, 9.17) is 4.74 Å². The summed E-state index contributed by atoms with van der Waals surface area (Å²) in [5.74, 6) is 0.731. The van der Waals surface area contributed by atoms with Gasteiger partial charge in [-0.15, -0.1) is 0 Å². The molecule has 1 unspecified atom stereocenters. The third kappa shape index (κ3) is 6.25. The molecule has 114 valence electrons. The van der Waals surface area contributed by atoms with Crippen LogP contribution in [0, 0.1) is 0 Å². The largest absolute Gasteiger partial charge is 0.491 e. The Morgan fingerprint density at radius 1 is 1.15 bits per heavy atom. The number of hydrogen-bond acceptors (Lipinski definition) is 3. The van der Waals surface area contributed by atoms with Gasteiger partial charge in [0.15, 0.2) is 0 Å². The van der Waals surface area contributed by atoms with E-state index in [0.29, 0.717) is 0 Å². The van der Waals surface area contributed by atoms with Crippen molar-refractivity contribution in [3.8, 4) is 5.75 Å². The van der Waals surface area contributed by atoms with E-state index >= 15 is 0 Å². The Morgan fingerprint density at radius 3 is 2.20 bits per heavy atom. The zero-order valence-electron chi connectivity index (χ0n) is 11.8. The van der Waals surface area contributed by atoms with Gasteiger partial charge in [-0.2, -0.15) is 13.2 Å². The summed E-state index contributed by atoms with van der Waals surface area (Å²) in [6.45, 7) is 2.57. The van der Waals surface area contributed by atoms with Crippen LogP contribution < -0.4 is 10.1 Å². The maximum Gasteiger partial charge on any atom is 0.411 e. The van der Waals surface area contributed by atoms with E-state index in [1.54, 1.807) is 19.2 Å². The number of alkyl halides is 3. The predicted molar refractivity (Wildman–Crippen MR) is 70.9 cm³/mol. The number of ether oxygens (including phenoxy) is 2. The predicted octanol–water partition coefficient (Wildman–Crippen LogP) is 3.31. The summed E-state index contributed by atoms with van der Waals surface area (Å²) in [4.78, 5) is 0. The molecule has 6 heteroatoms. The summed E-state index contributed by atoms with van der Waals surface area (Å²) in [7, 11) is 1.68. The van der Waals surface area contributed by atoms with Crippen LogP contribution in [0.2, 0.25) is 0 Å². The number of benzene rings is 1. The lowest BCUT2D eigenvalue weighted by Crippen LogP contribution is -2.25. The lowest BCUT2D eigenvalue weighted by atomic mass is 10.1. The Hall–Kier alpha value is -1.27. The molecule has 0 aliphatic carbocycles. The molecule has 1 aromatic rings. The van der Waals surface area contributed by atoms with Gasteiger partial charge in [0, 0.05) is 0 Å². The molecule has 0 spiro atoms. The molecule has 0 aliphatic heterocycles.